The molecule has 1 heterocycles. The molecule has 0 aliphatic heterocycles. The van der Waals surface area contributed by atoms with Crippen LogP contribution in [0.5, 0.6) is 0 Å². The molecule has 0 saturated heterocycles. The molecule has 9 heavy (non-hydrogen) atoms. The highest BCUT2D eigenvalue weighted by atomic mass is 32.1. The van der Waals surface area contributed by atoms with E-state index in [1.807, 2.05) is 0 Å². The molecular formula is C4H4N2O2S. The van der Waals surface area contributed by atoms with Gasteiger partial charge in [0.1, 0.15) is 5.69 Å². The van der Waals surface area contributed by atoms with E-state index in [0.29, 0.717) is 0 Å². The van der Waals surface area contributed by atoms with Crippen LogP contribution in [-0.4, -0.2) is 10.3 Å². The van der Waals surface area contributed by atoms with Gasteiger partial charge in [-0.1, -0.05) is 0 Å². The summed E-state index contributed by atoms with van der Waals surface area (Å²) in [6, 6.07) is 1.17. The Hall–Kier alpha value is -1.10. The monoisotopic (exact) mass is 144 g/mol. The highest BCUT2D eigenvalue weighted by Gasteiger charge is 2.00. The number of rotatable bonds is 1. The van der Waals surface area contributed by atoms with Gasteiger partial charge in [0, 0.05) is 6.07 Å². The fraction of sp³-hybridized carbons (Fsp3) is 0. The molecular weight excluding hydrogens is 140 g/mol. The molecule has 0 spiro atoms. The molecule has 1 amide bonds. The van der Waals surface area contributed by atoms with Gasteiger partial charge in [0.15, 0.2) is 0 Å². The van der Waals surface area contributed by atoms with Gasteiger partial charge in [-0.05, 0) is 11.5 Å². The Balaban J connectivity index is 3.12. The SMILES string of the molecule is NC(=O)c1cc(=O)s[nH]1. The quantitative estimate of drug-likeness (QED) is 0.559. The Morgan fingerprint density at radius 2 is 2.44 bits per heavy atom. The Morgan fingerprint density at radius 3 is 2.67 bits per heavy atom. The summed E-state index contributed by atoms with van der Waals surface area (Å²) in [5.41, 5.74) is 5.00. The number of nitrogens with two attached hydrogens (primary N) is 1. The van der Waals surface area contributed by atoms with Gasteiger partial charge in [-0.2, -0.15) is 0 Å². The van der Waals surface area contributed by atoms with Crippen LogP contribution >= 0.6 is 11.5 Å². The van der Waals surface area contributed by atoms with Crippen LogP contribution in [-0.2, 0) is 0 Å². The van der Waals surface area contributed by atoms with Crippen molar-refractivity contribution < 1.29 is 4.79 Å². The van der Waals surface area contributed by atoms with E-state index in [1.54, 1.807) is 0 Å². The van der Waals surface area contributed by atoms with Crippen LogP contribution in [0.15, 0.2) is 10.9 Å². The molecule has 5 heteroatoms. The number of aromatic nitrogens is 1. The maximum atomic E-state index is 10.4. The van der Waals surface area contributed by atoms with Crippen LogP contribution in [0.1, 0.15) is 10.5 Å². The van der Waals surface area contributed by atoms with E-state index in [-0.39, 0.29) is 10.4 Å². The maximum Gasteiger partial charge on any atom is 0.266 e. The summed E-state index contributed by atoms with van der Waals surface area (Å²) in [7, 11) is 0. The summed E-state index contributed by atoms with van der Waals surface area (Å²) in [6.07, 6.45) is 0. The summed E-state index contributed by atoms with van der Waals surface area (Å²) in [4.78, 5) is 20.6. The third-order valence-corrected chi connectivity index (χ3v) is 1.43. The fourth-order valence-electron chi connectivity index (χ4n) is 0.403. The first-order valence-corrected chi connectivity index (χ1v) is 3.00. The standard InChI is InChI=1S/C4H4N2O2S/c5-4(8)2-1-3(7)9-6-2/h1,6H,(H2,5,8). The van der Waals surface area contributed by atoms with Crippen molar-refractivity contribution in [1.29, 1.82) is 0 Å². The van der Waals surface area contributed by atoms with Gasteiger partial charge in [-0.3, -0.25) is 9.59 Å². The lowest BCUT2D eigenvalue weighted by atomic mass is 10.4. The number of aromatic amines is 1. The minimum atomic E-state index is -0.603. The van der Waals surface area contributed by atoms with E-state index >= 15 is 0 Å². The molecule has 0 aliphatic rings. The van der Waals surface area contributed by atoms with Gasteiger partial charge in [0.2, 0.25) is 4.74 Å². The predicted octanol–water partition coefficient (Wildman–Crippen LogP) is -0.465. The third kappa shape index (κ3) is 1.17. The molecule has 0 atom stereocenters. The van der Waals surface area contributed by atoms with Crippen molar-refractivity contribution in [1.82, 2.24) is 4.37 Å². The van der Waals surface area contributed by atoms with Gasteiger partial charge in [-0.15, -0.1) is 0 Å². The van der Waals surface area contributed by atoms with Crippen molar-refractivity contribution in [3.63, 3.8) is 0 Å². The lowest BCUT2D eigenvalue weighted by Gasteiger charge is -1.80. The number of hydrogen-bond acceptors (Lipinski definition) is 3. The second-order valence-corrected chi connectivity index (χ2v) is 2.26. The van der Waals surface area contributed by atoms with Gasteiger partial charge in [-0.25, -0.2) is 0 Å². The number of carbonyl (C=O) groups is 1. The Kier molecular flexibility index (Phi) is 1.35. The molecule has 3 N–H and O–H groups in total. The van der Waals surface area contributed by atoms with Gasteiger partial charge in [0.25, 0.3) is 5.91 Å². The normalized spacial score (nSPS) is 9.33. The predicted molar refractivity (Wildman–Crippen MR) is 33.5 cm³/mol. The zero-order valence-corrected chi connectivity index (χ0v) is 5.20. The highest BCUT2D eigenvalue weighted by molar-refractivity contribution is 7.03. The average Bonchev–Trinajstić information content (AvgIpc) is 2.14. The van der Waals surface area contributed by atoms with Crippen LogP contribution in [0.25, 0.3) is 0 Å². The Morgan fingerprint density at radius 1 is 1.78 bits per heavy atom. The number of amides is 1. The summed E-state index contributed by atoms with van der Waals surface area (Å²) in [5, 5.41) is 0. The van der Waals surface area contributed by atoms with Crippen molar-refractivity contribution in [2.45, 2.75) is 0 Å². The molecule has 0 bridgehead atoms. The fourth-order valence-corrected chi connectivity index (χ4v) is 0.950. The molecule has 0 aromatic carbocycles. The first-order chi connectivity index (χ1) is 4.20. The van der Waals surface area contributed by atoms with Gasteiger partial charge in [0.05, 0.1) is 0 Å². The van der Waals surface area contributed by atoms with Crippen molar-refractivity contribution >= 4 is 17.4 Å². The molecule has 0 fully saturated rings. The van der Waals surface area contributed by atoms with Gasteiger partial charge < -0.3 is 10.1 Å². The minimum absolute atomic E-state index is 0.171. The average molecular weight is 144 g/mol. The molecule has 0 saturated carbocycles. The zero-order chi connectivity index (χ0) is 6.85. The largest absolute Gasteiger partial charge is 0.364 e. The molecule has 48 valence electrons. The van der Waals surface area contributed by atoms with Crippen molar-refractivity contribution in [3.8, 4) is 0 Å². The summed E-state index contributed by atoms with van der Waals surface area (Å²) < 4.78 is 2.27. The maximum absolute atomic E-state index is 10.4. The summed E-state index contributed by atoms with van der Waals surface area (Å²) in [5.74, 6) is -0.603. The van der Waals surface area contributed by atoms with Crippen molar-refractivity contribution in [2.24, 2.45) is 5.73 Å². The van der Waals surface area contributed by atoms with E-state index in [4.69, 9.17) is 5.73 Å². The molecule has 4 nitrogen and oxygen atoms in total. The number of nitrogens with one attached hydrogen (secondary N) is 1. The lowest BCUT2D eigenvalue weighted by Crippen LogP contribution is -2.11. The molecule has 0 radical (unpaired) electrons. The molecule has 0 aliphatic carbocycles. The van der Waals surface area contributed by atoms with Crippen LogP contribution < -0.4 is 10.5 Å². The first kappa shape index (κ1) is 6.03. The number of primary amides is 1. The van der Waals surface area contributed by atoms with Crippen LogP contribution in [0.3, 0.4) is 0 Å². The van der Waals surface area contributed by atoms with Gasteiger partial charge >= 0.3 is 0 Å². The summed E-state index contributed by atoms with van der Waals surface area (Å²) >= 11 is 0.851. The smallest absolute Gasteiger partial charge is 0.266 e. The number of carbonyl (C=O) groups excluding carboxylic acids is 1. The van der Waals surface area contributed by atoms with E-state index in [1.165, 1.54) is 6.07 Å². The van der Waals surface area contributed by atoms with Crippen molar-refractivity contribution in [3.05, 3.63) is 21.3 Å². The van der Waals surface area contributed by atoms with Crippen LogP contribution in [0.4, 0.5) is 0 Å². The lowest BCUT2D eigenvalue weighted by molar-refractivity contribution is 0.0996. The summed E-state index contributed by atoms with van der Waals surface area (Å²) in [6.45, 7) is 0. The molecule has 1 rings (SSSR count). The van der Waals surface area contributed by atoms with Crippen LogP contribution in [0.2, 0.25) is 0 Å². The second-order valence-electron chi connectivity index (χ2n) is 1.45. The Bertz CT molecular complexity index is 274. The van der Waals surface area contributed by atoms with E-state index in [0.717, 1.165) is 11.5 Å². The van der Waals surface area contributed by atoms with Crippen LogP contribution in [0, 0.1) is 0 Å². The topological polar surface area (TPSA) is 76.0 Å². The zero-order valence-electron chi connectivity index (χ0n) is 4.38. The first-order valence-electron chi connectivity index (χ1n) is 2.18. The number of hydrogen-bond donors (Lipinski definition) is 2. The molecule has 0 unspecified atom stereocenters. The van der Waals surface area contributed by atoms with Crippen molar-refractivity contribution in [2.75, 3.05) is 0 Å². The highest BCUT2D eigenvalue weighted by Crippen LogP contribution is 1.89. The minimum Gasteiger partial charge on any atom is -0.364 e. The van der Waals surface area contributed by atoms with E-state index in [9.17, 15) is 9.59 Å². The van der Waals surface area contributed by atoms with E-state index < -0.39 is 5.91 Å². The molecule has 1 aromatic heterocycles. The second kappa shape index (κ2) is 2.02. The molecule has 1 aromatic rings. The Labute approximate surface area is 54.5 Å². The third-order valence-electron chi connectivity index (χ3n) is 0.789. The van der Waals surface area contributed by atoms with E-state index in [2.05, 4.69) is 4.37 Å². The number of H-pyrrole nitrogens is 1.